The molecule has 0 aromatic carbocycles. The maximum atomic E-state index is 11.5. The first-order valence-electron chi connectivity index (χ1n) is 3.78. The molecule has 2 N–H and O–H groups in total. The Hall–Kier alpha value is -0.850. The van der Waals surface area contributed by atoms with Crippen molar-refractivity contribution in [3.05, 3.63) is 24.0 Å². The number of aromatic nitrogens is 1. The molecule has 13 heavy (non-hydrogen) atoms. The maximum absolute atomic E-state index is 11.5. The standard InChI is InChI=1S/C7H13N3O2S/c1-9(2)13(11,12)10-4-3-7(5-8)6-10/h3-4,6H,5,8H2,1-2H3. The van der Waals surface area contributed by atoms with Gasteiger partial charge >= 0.3 is 10.2 Å². The minimum atomic E-state index is -3.37. The third-order valence-electron chi connectivity index (χ3n) is 1.69. The monoisotopic (exact) mass is 203 g/mol. The molecule has 0 unspecified atom stereocenters. The molecule has 0 fully saturated rings. The molecular weight excluding hydrogens is 190 g/mol. The van der Waals surface area contributed by atoms with Gasteiger partial charge in [0.05, 0.1) is 0 Å². The van der Waals surface area contributed by atoms with Gasteiger partial charge in [0.25, 0.3) is 0 Å². The Balaban J connectivity index is 3.09. The fraction of sp³-hybridized carbons (Fsp3) is 0.429. The molecule has 0 atom stereocenters. The number of nitrogens with zero attached hydrogens (tertiary/aromatic N) is 2. The van der Waals surface area contributed by atoms with E-state index in [0.29, 0.717) is 6.54 Å². The second-order valence-corrected chi connectivity index (χ2v) is 4.89. The minimum absolute atomic E-state index is 0.343. The lowest BCUT2D eigenvalue weighted by molar-refractivity contribution is 0.511. The SMILES string of the molecule is CN(C)S(=O)(=O)n1ccc(CN)c1. The number of rotatable bonds is 3. The predicted molar refractivity (Wildman–Crippen MR) is 50.3 cm³/mol. The molecule has 0 aliphatic heterocycles. The van der Waals surface area contributed by atoms with E-state index in [1.54, 1.807) is 6.07 Å². The van der Waals surface area contributed by atoms with Crippen molar-refractivity contribution in [2.75, 3.05) is 14.1 Å². The predicted octanol–water partition coefficient (Wildman–Crippen LogP) is -0.399. The average molecular weight is 203 g/mol. The lowest BCUT2D eigenvalue weighted by atomic mass is 10.4. The van der Waals surface area contributed by atoms with Crippen molar-refractivity contribution in [1.82, 2.24) is 8.28 Å². The molecule has 5 nitrogen and oxygen atoms in total. The molecule has 1 rings (SSSR count). The molecule has 0 saturated heterocycles. The van der Waals surface area contributed by atoms with Gasteiger partial charge < -0.3 is 5.73 Å². The summed E-state index contributed by atoms with van der Waals surface area (Å²) in [7, 11) is -0.405. The van der Waals surface area contributed by atoms with Crippen LogP contribution in [-0.4, -0.2) is 30.8 Å². The molecule has 1 heterocycles. The Morgan fingerprint density at radius 1 is 1.54 bits per heavy atom. The Kier molecular flexibility index (Phi) is 2.74. The Morgan fingerprint density at radius 3 is 2.54 bits per heavy atom. The molecule has 0 aliphatic rings. The molecule has 0 amide bonds. The lowest BCUT2D eigenvalue weighted by Crippen LogP contribution is -2.27. The van der Waals surface area contributed by atoms with Crippen LogP contribution in [0.1, 0.15) is 5.56 Å². The van der Waals surface area contributed by atoms with Crippen LogP contribution in [0, 0.1) is 0 Å². The molecular formula is C7H13N3O2S. The van der Waals surface area contributed by atoms with Gasteiger partial charge in [-0.15, -0.1) is 0 Å². The van der Waals surface area contributed by atoms with Crippen molar-refractivity contribution >= 4 is 10.2 Å². The fourth-order valence-electron chi connectivity index (χ4n) is 0.872. The first-order chi connectivity index (χ1) is 5.98. The van der Waals surface area contributed by atoms with E-state index in [0.717, 1.165) is 13.8 Å². The van der Waals surface area contributed by atoms with Gasteiger partial charge in [-0.25, -0.2) is 3.97 Å². The van der Waals surface area contributed by atoms with Crippen LogP contribution in [-0.2, 0) is 16.8 Å². The summed E-state index contributed by atoms with van der Waals surface area (Å²) in [6.07, 6.45) is 2.99. The van der Waals surface area contributed by atoms with E-state index in [-0.39, 0.29) is 0 Å². The van der Waals surface area contributed by atoms with E-state index in [2.05, 4.69) is 0 Å². The molecule has 0 bridgehead atoms. The summed E-state index contributed by atoms with van der Waals surface area (Å²) in [5, 5.41) is 0. The first-order valence-corrected chi connectivity index (χ1v) is 5.18. The van der Waals surface area contributed by atoms with Crippen LogP contribution in [0.15, 0.2) is 18.5 Å². The van der Waals surface area contributed by atoms with E-state index in [4.69, 9.17) is 5.73 Å². The molecule has 0 spiro atoms. The second kappa shape index (κ2) is 3.49. The summed E-state index contributed by atoms with van der Waals surface area (Å²) in [4.78, 5) is 0. The van der Waals surface area contributed by atoms with Gasteiger partial charge in [0.2, 0.25) is 0 Å². The first kappa shape index (κ1) is 10.2. The van der Waals surface area contributed by atoms with Crippen molar-refractivity contribution in [1.29, 1.82) is 0 Å². The number of nitrogens with two attached hydrogens (primary N) is 1. The zero-order chi connectivity index (χ0) is 10.1. The summed E-state index contributed by atoms with van der Waals surface area (Å²) >= 11 is 0. The zero-order valence-electron chi connectivity index (χ0n) is 7.64. The second-order valence-electron chi connectivity index (χ2n) is 2.84. The molecule has 0 aliphatic carbocycles. The van der Waals surface area contributed by atoms with Gasteiger partial charge in [-0.2, -0.15) is 12.7 Å². The highest BCUT2D eigenvalue weighted by Crippen LogP contribution is 2.05. The highest BCUT2D eigenvalue weighted by Gasteiger charge is 2.14. The van der Waals surface area contributed by atoms with E-state index >= 15 is 0 Å². The van der Waals surface area contributed by atoms with E-state index in [9.17, 15) is 8.42 Å². The quantitative estimate of drug-likeness (QED) is 0.727. The largest absolute Gasteiger partial charge is 0.326 e. The summed E-state index contributed by atoms with van der Waals surface area (Å²) in [6, 6.07) is 1.68. The zero-order valence-corrected chi connectivity index (χ0v) is 8.45. The average Bonchev–Trinajstić information content (AvgIpc) is 2.51. The van der Waals surface area contributed by atoms with Crippen LogP contribution in [0.3, 0.4) is 0 Å². The van der Waals surface area contributed by atoms with Gasteiger partial charge in [0, 0.05) is 33.0 Å². The van der Waals surface area contributed by atoms with Crippen LogP contribution in [0.4, 0.5) is 0 Å². The number of hydrogen-bond acceptors (Lipinski definition) is 3. The van der Waals surface area contributed by atoms with Crippen molar-refractivity contribution in [2.24, 2.45) is 5.73 Å². The van der Waals surface area contributed by atoms with Crippen LogP contribution >= 0.6 is 0 Å². The maximum Gasteiger partial charge on any atom is 0.306 e. The third-order valence-corrected chi connectivity index (χ3v) is 3.37. The van der Waals surface area contributed by atoms with Crippen LogP contribution in [0.5, 0.6) is 0 Å². The topological polar surface area (TPSA) is 68.3 Å². The van der Waals surface area contributed by atoms with Gasteiger partial charge in [-0.3, -0.25) is 0 Å². The van der Waals surface area contributed by atoms with Crippen molar-refractivity contribution in [3.63, 3.8) is 0 Å². The van der Waals surface area contributed by atoms with Gasteiger partial charge in [-0.05, 0) is 11.6 Å². The molecule has 0 radical (unpaired) electrons. The van der Waals surface area contributed by atoms with Gasteiger partial charge in [0.1, 0.15) is 0 Å². The molecule has 1 aromatic heterocycles. The highest BCUT2D eigenvalue weighted by atomic mass is 32.2. The molecule has 74 valence electrons. The summed E-state index contributed by atoms with van der Waals surface area (Å²) in [5.41, 5.74) is 6.16. The van der Waals surface area contributed by atoms with Crippen LogP contribution in [0.25, 0.3) is 0 Å². The lowest BCUT2D eigenvalue weighted by Gasteiger charge is -2.11. The van der Waals surface area contributed by atoms with E-state index in [1.807, 2.05) is 0 Å². The third kappa shape index (κ3) is 1.90. The Bertz CT molecular complexity index is 380. The smallest absolute Gasteiger partial charge is 0.306 e. The van der Waals surface area contributed by atoms with E-state index < -0.39 is 10.2 Å². The van der Waals surface area contributed by atoms with E-state index in [1.165, 1.54) is 26.5 Å². The molecule has 6 heteroatoms. The van der Waals surface area contributed by atoms with Crippen molar-refractivity contribution in [2.45, 2.75) is 6.54 Å². The Labute approximate surface area is 77.9 Å². The Morgan fingerprint density at radius 2 is 2.15 bits per heavy atom. The summed E-state index contributed by atoms with van der Waals surface area (Å²) < 4.78 is 25.3. The normalized spacial score (nSPS) is 12.3. The molecule has 0 saturated carbocycles. The van der Waals surface area contributed by atoms with Crippen LogP contribution < -0.4 is 5.73 Å². The van der Waals surface area contributed by atoms with Crippen LogP contribution in [0.2, 0.25) is 0 Å². The van der Waals surface area contributed by atoms with Gasteiger partial charge in [0.15, 0.2) is 0 Å². The van der Waals surface area contributed by atoms with Gasteiger partial charge in [-0.1, -0.05) is 0 Å². The number of hydrogen-bond donors (Lipinski definition) is 1. The van der Waals surface area contributed by atoms with Crippen molar-refractivity contribution in [3.8, 4) is 0 Å². The summed E-state index contributed by atoms with van der Waals surface area (Å²) in [5.74, 6) is 0. The highest BCUT2D eigenvalue weighted by molar-refractivity contribution is 7.87. The summed E-state index contributed by atoms with van der Waals surface area (Å²) in [6.45, 7) is 0.343. The van der Waals surface area contributed by atoms with Crippen molar-refractivity contribution < 1.29 is 8.42 Å². The molecule has 1 aromatic rings. The minimum Gasteiger partial charge on any atom is -0.326 e. The fourth-order valence-corrected chi connectivity index (χ4v) is 1.73.